The van der Waals surface area contributed by atoms with Crippen molar-refractivity contribution < 1.29 is 9.53 Å². The first-order chi connectivity index (χ1) is 10.7. The smallest absolute Gasteiger partial charge is 0.410 e. The van der Waals surface area contributed by atoms with Crippen LogP contribution in [0.25, 0.3) is 0 Å². The predicted molar refractivity (Wildman–Crippen MR) is 91.0 cm³/mol. The van der Waals surface area contributed by atoms with Crippen molar-refractivity contribution in [2.75, 3.05) is 25.0 Å². The first kappa shape index (κ1) is 17.8. The van der Waals surface area contributed by atoms with E-state index in [-0.39, 0.29) is 12.1 Å². The van der Waals surface area contributed by atoms with Crippen molar-refractivity contribution in [2.24, 2.45) is 0 Å². The second kappa shape index (κ2) is 6.91. The van der Waals surface area contributed by atoms with Gasteiger partial charge in [-0.05, 0) is 40.5 Å². The zero-order chi connectivity index (χ0) is 17.2. The number of anilines is 1. The summed E-state index contributed by atoms with van der Waals surface area (Å²) in [4.78, 5) is 24.7. The minimum Gasteiger partial charge on any atom is -0.444 e. The number of carbonyl (C=O) groups excluding carboxylic acids is 1. The molecular formula is C16H25ClN4O2. The fraction of sp³-hybridized carbons (Fsp3) is 0.688. The van der Waals surface area contributed by atoms with Crippen LogP contribution in [0.3, 0.4) is 0 Å². The lowest BCUT2D eigenvalue weighted by Crippen LogP contribution is -2.50. The molecule has 6 nitrogen and oxygen atoms in total. The third-order valence-electron chi connectivity index (χ3n) is 3.81. The Kier molecular flexibility index (Phi) is 5.34. The molecular weight excluding hydrogens is 316 g/mol. The summed E-state index contributed by atoms with van der Waals surface area (Å²) >= 11 is 6.09. The van der Waals surface area contributed by atoms with E-state index in [1.807, 2.05) is 27.7 Å². The monoisotopic (exact) mass is 340 g/mol. The van der Waals surface area contributed by atoms with Gasteiger partial charge in [-0.3, -0.25) is 0 Å². The van der Waals surface area contributed by atoms with Crippen molar-refractivity contribution in [1.29, 1.82) is 0 Å². The highest BCUT2D eigenvalue weighted by Crippen LogP contribution is 2.22. The van der Waals surface area contributed by atoms with Crippen molar-refractivity contribution in [3.05, 3.63) is 16.9 Å². The molecule has 128 valence electrons. The number of hydrogen-bond donors (Lipinski definition) is 0. The van der Waals surface area contributed by atoms with Crippen molar-refractivity contribution >= 4 is 23.6 Å². The lowest BCUT2D eigenvalue weighted by atomic mass is 10.1. The van der Waals surface area contributed by atoms with E-state index in [1.54, 1.807) is 18.1 Å². The van der Waals surface area contributed by atoms with Gasteiger partial charge in [0.15, 0.2) is 0 Å². The topological polar surface area (TPSA) is 58.6 Å². The Hall–Kier alpha value is -1.56. The lowest BCUT2D eigenvalue weighted by Gasteiger charge is -2.38. The van der Waals surface area contributed by atoms with E-state index in [9.17, 15) is 4.79 Å². The number of nitrogens with zero attached hydrogens (tertiary/aromatic N) is 4. The van der Waals surface area contributed by atoms with Crippen LogP contribution in [0.2, 0.25) is 5.15 Å². The van der Waals surface area contributed by atoms with Crippen LogP contribution in [0.4, 0.5) is 10.7 Å². The fourth-order valence-electron chi connectivity index (χ4n) is 2.50. The van der Waals surface area contributed by atoms with Crippen LogP contribution in [0, 0.1) is 6.92 Å². The summed E-state index contributed by atoms with van der Waals surface area (Å²) in [6, 6.07) is 0.0716. The molecule has 1 amide bonds. The van der Waals surface area contributed by atoms with E-state index < -0.39 is 5.60 Å². The van der Waals surface area contributed by atoms with Crippen LogP contribution in [0.5, 0.6) is 0 Å². The molecule has 7 heteroatoms. The molecule has 0 unspecified atom stereocenters. The molecule has 23 heavy (non-hydrogen) atoms. The summed E-state index contributed by atoms with van der Waals surface area (Å²) in [6.07, 6.45) is 3.33. The van der Waals surface area contributed by atoms with E-state index in [2.05, 4.69) is 14.9 Å². The number of halogens is 1. The second-order valence-corrected chi connectivity index (χ2v) is 7.34. The van der Waals surface area contributed by atoms with Crippen LogP contribution in [0.15, 0.2) is 6.20 Å². The third-order valence-corrected chi connectivity index (χ3v) is 4.19. The minimum absolute atomic E-state index is 0.0716. The van der Waals surface area contributed by atoms with Gasteiger partial charge in [0.2, 0.25) is 5.95 Å². The molecule has 0 bridgehead atoms. The lowest BCUT2D eigenvalue weighted by molar-refractivity contribution is 0.0209. The Labute approximate surface area is 142 Å². The Morgan fingerprint density at radius 1 is 1.48 bits per heavy atom. The van der Waals surface area contributed by atoms with E-state index in [0.717, 1.165) is 24.9 Å². The number of amides is 1. The number of piperidine rings is 1. The van der Waals surface area contributed by atoms with Crippen LogP contribution in [-0.4, -0.2) is 52.7 Å². The molecule has 2 rings (SSSR count). The van der Waals surface area contributed by atoms with Crippen LogP contribution in [-0.2, 0) is 4.74 Å². The van der Waals surface area contributed by atoms with Gasteiger partial charge in [-0.15, -0.1) is 0 Å². The van der Waals surface area contributed by atoms with Gasteiger partial charge >= 0.3 is 6.09 Å². The van der Waals surface area contributed by atoms with E-state index in [0.29, 0.717) is 17.6 Å². The quantitative estimate of drug-likeness (QED) is 0.773. The first-order valence-corrected chi connectivity index (χ1v) is 8.25. The third kappa shape index (κ3) is 4.70. The normalized spacial score (nSPS) is 18.7. The molecule has 1 saturated heterocycles. The summed E-state index contributed by atoms with van der Waals surface area (Å²) in [6.45, 7) is 9.02. The van der Waals surface area contributed by atoms with Crippen LogP contribution < -0.4 is 4.90 Å². The molecule has 1 atom stereocenters. The van der Waals surface area contributed by atoms with Gasteiger partial charge in [-0.1, -0.05) is 11.6 Å². The number of aromatic nitrogens is 2. The van der Waals surface area contributed by atoms with Crippen molar-refractivity contribution in [3.63, 3.8) is 0 Å². The molecule has 1 aromatic rings. The average molecular weight is 341 g/mol. The van der Waals surface area contributed by atoms with Gasteiger partial charge in [-0.2, -0.15) is 0 Å². The number of likely N-dealkylation sites (N-methyl/N-ethyl adjacent to an activating group) is 1. The highest BCUT2D eigenvalue weighted by molar-refractivity contribution is 6.30. The zero-order valence-corrected chi connectivity index (χ0v) is 15.2. The van der Waals surface area contributed by atoms with Gasteiger partial charge < -0.3 is 14.5 Å². The number of rotatable bonds is 2. The molecule has 1 aromatic heterocycles. The molecule has 0 aliphatic carbocycles. The highest BCUT2D eigenvalue weighted by atomic mass is 35.5. The predicted octanol–water partition coefficient (Wildman–Crippen LogP) is 3.27. The molecule has 0 radical (unpaired) electrons. The highest BCUT2D eigenvalue weighted by Gasteiger charge is 2.30. The molecule has 0 aromatic carbocycles. The van der Waals surface area contributed by atoms with Gasteiger partial charge in [-0.25, -0.2) is 14.8 Å². The zero-order valence-electron chi connectivity index (χ0n) is 14.5. The summed E-state index contributed by atoms with van der Waals surface area (Å²) in [7, 11) is 1.78. The van der Waals surface area contributed by atoms with Gasteiger partial charge in [0.05, 0.1) is 6.04 Å². The minimum atomic E-state index is -0.493. The fourth-order valence-corrected chi connectivity index (χ4v) is 2.62. The van der Waals surface area contributed by atoms with Crippen molar-refractivity contribution in [3.8, 4) is 0 Å². The van der Waals surface area contributed by atoms with Gasteiger partial charge in [0.25, 0.3) is 0 Å². The van der Waals surface area contributed by atoms with E-state index in [4.69, 9.17) is 16.3 Å². The number of aryl methyl sites for hydroxylation is 1. The maximum absolute atomic E-state index is 12.2. The summed E-state index contributed by atoms with van der Waals surface area (Å²) in [5.41, 5.74) is 0.364. The van der Waals surface area contributed by atoms with Crippen LogP contribution in [0.1, 0.15) is 39.2 Å². The van der Waals surface area contributed by atoms with Crippen LogP contribution >= 0.6 is 11.6 Å². The molecule has 0 saturated carbocycles. The number of ether oxygens (including phenoxy) is 1. The number of carbonyl (C=O) groups is 1. The Balaban J connectivity index is 2.05. The van der Waals surface area contributed by atoms with Crippen molar-refractivity contribution in [2.45, 2.75) is 52.2 Å². The Morgan fingerprint density at radius 3 is 2.78 bits per heavy atom. The SMILES string of the molecule is Cc1cnc(N2CCC[C@@H](N(C)C(=O)OC(C)(C)C)C2)nc1Cl. The molecule has 2 heterocycles. The second-order valence-electron chi connectivity index (χ2n) is 6.98. The van der Waals surface area contributed by atoms with E-state index >= 15 is 0 Å². The number of hydrogen-bond acceptors (Lipinski definition) is 5. The largest absolute Gasteiger partial charge is 0.444 e. The average Bonchev–Trinajstić information content (AvgIpc) is 2.47. The molecule has 1 aliphatic rings. The maximum atomic E-state index is 12.2. The molecule has 1 aliphatic heterocycles. The van der Waals surface area contributed by atoms with Crippen molar-refractivity contribution in [1.82, 2.24) is 14.9 Å². The van der Waals surface area contributed by atoms with Gasteiger partial charge in [0, 0.05) is 31.9 Å². The summed E-state index contributed by atoms with van der Waals surface area (Å²) in [5.74, 6) is 0.614. The molecule has 0 spiro atoms. The maximum Gasteiger partial charge on any atom is 0.410 e. The Morgan fingerprint density at radius 2 is 2.17 bits per heavy atom. The summed E-state index contributed by atoms with van der Waals surface area (Å²) in [5, 5.41) is 0.470. The molecule has 1 fully saturated rings. The first-order valence-electron chi connectivity index (χ1n) is 7.87. The summed E-state index contributed by atoms with van der Waals surface area (Å²) < 4.78 is 5.44. The molecule has 0 N–H and O–H groups in total. The van der Waals surface area contributed by atoms with E-state index in [1.165, 1.54) is 0 Å². The standard InChI is InChI=1S/C16H25ClN4O2/c1-11-9-18-14(19-13(11)17)21-8-6-7-12(10-21)20(5)15(22)23-16(2,3)4/h9,12H,6-8,10H2,1-5H3/t12-/m1/s1. The Bertz CT molecular complexity index is 574. The van der Waals surface area contributed by atoms with Gasteiger partial charge in [0.1, 0.15) is 10.8 Å².